The molecule has 1 fully saturated rings. The van der Waals surface area contributed by atoms with E-state index in [1.54, 1.807) is 6.92 Å². The van der Waals surface area contributed by atoms with Crippen LogP contribution in [0.3, 0.4) is 0 Å². The van der Waals surface area contributed by atoms with Gasteiger partial charge in [-0.25, -0.2) is 4.98 Å². The first-order valence-electron chi connectivity index (χ1n) is 12.6. The number of thioether (sulfide) groups is 1. The second-order valence-electron chi connectivity index (χ2n) is 9.84. The maximum absolute atomic E-state index is 13.7. The van der Waals surface area contributed by atoms with E-state index in [0.717, 1.165) is 41.6 Å². The number of carbonyl (C=O) groups excluding carboxylic acids is 1. The molecule has 182 valence electrons. The molecule has 0 spiro atoms. The molecule has 6 heteroatoms. The Hall–Kier alpha value is -2.86. The zero-order valence-electron chi connectivity index (χ0n) is 20.4. The molecule has 0 aliphatic heterocycles. The predicted molar refractivity (Wildman–Crippen MR) is 140 cm³/mol. The standard InChI is InChI=1S/C29H32N2O3S/c1-3-34-27(33)25(19-12-6-4-7-13-19)35-28-30-24-22-17-11-10-14-20(22)18-29(2,23(24)26(32)31-28)21-15-8-5-9-16-21/h4,6-7,10-14,17,21,25H,3,5,8-9,15-16,18H2,1-2H3,(H,30,31,32)/t25-,29-/m1/s1. The largest absolute Gasteiger partial charge is 0.465 e. The number of H-pyrrole nitrogens is 1. The van der Waals surface area contributed by atoms with Crippen LogP contribution in [-0.2, 0) is 21.4 Å². The molecule has 2 aromatic carbocycles. The van der Waals surface area contributed by atoms with Gasteiger partial charge in [-0.1, -0.05) is 92.5 Å². The third-order valence-electron chi connectivity index (χ3n) is 7.64. The van der Waals surface area contributed by atoms with E-state index >= 15 is 0 Å². The summed E-state index contributed by atoms with van der Waals surface area (Å²) in [5.74, 6) is 0.123. The Balaban J connectivity index is 1.60. The van der Waals surface area contributed by atoms with Gasteiger partial charge in [-0.2, -0.15) is 0 Å². The molecule has 0 saturated heterocycles. The lowest BCUT2D eigenvalue weighted by Gasteiger charge is -2.43. The average molecular weight is 489 g/mol. The molecule has 5 nitrogen and oxygen atoms in total. The molecule has 1 heterocycles. The van der Waals surface area contributed by atoms with Gasteiger partial charge in [-0.3, -0.25) is 9.59 Å². The molecule has 0 radical (unpaired) electrons. The molecule has 5 rings (SSSR count). The summed E-state index contributed by atoms with van der Waals surface area (Å²) in [5, 5.41) is -0.167. The van der Waals surface area contributed by atoms with Gasteiger partial charge in [0.1, 0.15) is 5.25 Å². The minimum Gasteiger partial charge on any atom is -0.465 e. The number of nitrogens with zero attached hydrogens (tertiary/aromatic N) is 1. The lowest BCUT2D eigenvalue weighted by Crippen LogP contribution is -2.43. The number of rotatable bonds is 6. The second kappa shape index (κ2) is 10.0. The summed E-state index contributed by atoms with van der Waals surface area (Å²) < 4.78 is 5.36. The molecule has 0 bridgehead atoms. The summed E-state index contributed by atoms with van der Waals surface area (Å²) in [7, 11) is 0. The summed E-state index contributed by atoms with van der Waals surface area (Å²) >= 11 is 1.25. The van der Waals surface area contributed by atoms with Crippen molar-refractivity contribution in [2.75, 3.05) is 6.61 Å². The van der Waals surface area contributed by atoms with Crippen LogP contribution in [0, 0.1) is 5.92 Å². The molecule has 3 aromatic rings. The molecule has 0 amide bonds. The van der Waals surface area contributed by atoms with Crippen LogP contribution in [0.15, 0.2) is 64.5 Å². The Morgan fingerprint density at radius 3 is 2.57 bits per heavy atom. The van der Waals surface area contributed by atoms with Gasteiger partial charge >= 0.3 is 5.97 Å². The van der Waals surface area contributed by atoms with Crippen LogP contribution in [0.5, 0.6) is 0 Å². The van der Waals surface area contributed by atoms with E-state index in [1.165, 1.54) is 36.6 Å². The first-order valence-corrected chi connectivity index (χ1v) is 13.5. The maximum Gasteiger partial charge on any atom is 0.324 e. The van der Waals surface area contributed by atoms with E-state index < -0.39 is 5.25 Å². The van der Waals surface area contributed by atoms with Gasteiger partial charge in [-0.05, 0) is 43.2 Å². The van der Waals surface area contributed by atoms with E-state index in [9.17, 15) is 9.59 Å². The van der Waals surface area contributed by atoms with E-state index in [1.807, 2.05) is 36.4 Å². The zero-order chi connectivity index (χ0) is 24.4. The Kier molecular flexibility index (Phi) is 6.83. The monoisotopic (exact) mass is 488 g/mol. The highest BCUT2D eigenvalue weighted by atomic mass is 32.2. The SMILES string of the molecule is CCOC(=O)[C@H](Sc1nc2c(c(=O)[nH]1)[C@@](C)(C1CCCCC1)Cc1ccccc1-2)c1ccccc1. The van der Waals surface area contributed by atoms with Crippen LogP contribution in [0.1, 0.15) is 67.9 Å². The van der Waals surface area contributed by atoms with Gasteiger partial charge in [0, 0.05) is 11.0 Å². The fraction of sp³-hybridized carbons (Fsp3) is 0.414. The van der Waals surface area contributed by atoms with Crippen molar-refractivity contribution in [1.29, 1.82) is 0 Å². The van der Waals surface area contributed by atoms with Crippen LogP contribution < -0.4 is 5.56 Å². The molecule has 1 saturated carbocycles. The molecular formula is C29H32N2O3S. The molecule has 1 aromatic heterocycles. The van der Waals surface area contributed by atoms with Crippen molar-refractivity contribution in [3.8, 4) is 11.3 Å². The van der Waals surface area contributed by atoms with Crippen molar-refractivity contribution in [2.45, 2.75) is 68.2 Å². The fourth-order valence-electron chi connectivity index (χ4n) is 5.92. The summed E-state index contributed by atoms with van der Waals surface area (Å²) in [4.78, 5) is 34.7. The van der Waals surface area contributed by atoms with Crippen molar-refractivity contribution in [3.05, 3.63) is 81.6 Å². The van der Waals surface area contributed by atoms with Crippen molar-refractivity contribution >= 4 is 17.7 Å². The van der Waals surface area contributed by atoms with Crippen LogP contribution in [0.4, 0.5) is 0 Å². The summed E-state index contributed by atoms with van der Waals surface area (Å²) in [6.45, 7) is 4.35. The summed E-state index contributed by atoms with van der Waals surface area (Å²) in [5.41, 5.74) is 4.32. The molecule has 2 aliphatic carbocycles. The molecule has 1 N–H and O–H groups in total. The van der Waals surface area contributed by atoms with E-state index in [0.29, 0.717) is 17.7 Å². The normalized spacial score (nSPS) is 20.5. The van der Waals surface area contributed by atoms with Gasteiger partial charge in [0.2, 0.25) is 0 Å². The smallest absolute Gasteiger partial charge is 0.324 e. The molecule has 2 aliphatic rings. The van der Waals surface area contributed by atoms with Crippen LogP contribution in [-0.4, -0.2) is 22.5 Å². The second-order valence-corrected chi connectivity index (χ2v) is 10.9. The molecule has 0 unspecified atom stereocenters. The van der Waals surface area contributed by atoms with Gasteiger partial charge in [0.25, 0.3) is 5.56 Å². The fourth-order valence-corrected chi connectivity index (χ4v) is 6.90. The van der Waals surface area contributed by atoms with Crippen LogP contribution in [0.25, 0.3) is 11.3 Å². The molecular weight excluding hydrogens is 456 g/mol. The Labute approximate surface area is 210 Å². The maximum atomic E-state index is 13.7. The van der Waals surface area contributed by atoms with E-state index in [2.05, 4.69) is 30.1 Å². The Bertz CT molecular complexity index is 1270. The topological polar surface area (TPSA) is 72.0 Å². The quantitative estimate of drug-likeness (QED) is 0.253. The van der Waals surface area contributed by atoms with Gasteiger partial charge < -0.3 is 9.72 Å². The highest BCUT2D eigenvalue weighted by Gasteiger charge is 2.44. The van der Waals surface area contributed by atoms with Crippen molar-refractivity contribution in [3.63, 3.8) is 0 Å². The number of fused-ring (bicyclic) bond motifs is 3. The Morgan fingerprint density at radius 2 is 1.83 bits per heavy atom. The highest BCUT2D eigenvalue weighted by Crippen LogP contribution is 2.49. The van der Waals surface area contributed by atoms with Crippen molar-refractivity contribution in [2.24, 2.45) is 5.92 Å². The third kappa shape index (κ3) is 4.56. The highest BCUT2D eigenvalue weighted by molar-refractivity contribution is 8.00. The van der Waals surface area contributed by atoms with Gasteiger partial charge in [0.15, 0.2) is 5.16 Å². The van der Waals surface area contributed by atoms with Gasteiger partial charge in [-0.15, -0.1) is 0 Å². The number of hydrogen-bond donors (Lipinski definition) is 1. The van der Waals surface area contributed by atoms with E-state index in [4.69, 9.17) is 9.72 Å². The van der Waals surface area contributed by atoms with E-state index in [-0.39, 0.29) is 16.9 Å². The number of hydrogen-bond acceptors (Lipinski definition) is 5. The summed E-state index contributed by atoms with van der Waals surface area (Å²) in [6, 6.07) is 17.8. The number of benzene rings is 2. The zero-order valence-corrected chi connectivity index (χ0v) is 21.2. The lowest BCUT2D eigenvalue weighted by atomic mass is 9.60. The minimum atomic E-state index is -0.610. The third-order valence-corrected chi connectivity index (χ3v) is 8.75. The minimum absolute atomic E-state index is 0.0873. The number of ether oxygens (including phenoxy) is 1. The first kappa shape index (κ1) is 23.9. The average Bonchev–Trinajstić information content (AvgIpc) is 2.88. The first-order chi connectivity index (χ1) is 17.0. The van der Waals surface area contributed by atoms with Crippen LogP contribution >= 0.6 is 11.8 Å². The Morgan fingerprint density at radius 1 is 1.11 bits per heavy atom. The van der Waals surface area contributed by atoms with Crippen LogP contribution in [0.2, 0.25) is 0 Å². The van der Waals surface area contributed by atoms with Crippen molar-refractivity contribution < 1.29 is 9.53 Å². The number of aromatic nitrogens is 2. The number of aromatic amines is 1. The van der Waals surface area contributed by atoms with Crippen molar-refractivity contribution in [1.82, 2.24) is 9.97 Å². The number of esters is 1. The molecule has 2 atom stereocenters. The lowest BCUT2D eigenvalue weighted by molar-refractivity contribution is -0.142. The van der Waals surface area contributed by atoms with Gasteiger partial charge in [0.05, 0.1) is 17.9 Å². The number of nitrogens with one attached hydrogen (secondary N) is 1. The predicted octanol–water partition coefficient (Wildman–Crippen LogP) is 6.23. The summed E-state index contributed by atoms with van der Waals surface area (Å²) in [6.07, 6.45) is 6.85. The number of carbonyl (C=O) groups is 1. The molecule has 35 heavy (non-hydrogen) atoms.